The summed E-state index contributed by atoms with van der Waals surface area (Å²) in [5.74, 6) is -0.0214. The molecule has 0 spiro atoms. The van der Waals surface area contributed by atoms with Gasteiger partial charge in [0, 0.05) is 30.0 Å². The number of nitrogens with one attached hydrogen (secondary N) is 1. The fourth-order valence-corrected chi connectivity index (χ4v) is 4.92. The Balaban J connectivity index is 1.35. The summed E-state index contributed by atoms with van der Waals surface area (Å²) in [6.07, 6.45) is 2.17. The number of carbonyl (C=O) groups excluding carboxylic acids is 2. The van der Waals surface area contributed by atoms with Crippen LogP contribution in [0.5, 0.6) is 0 Å². The molecule has 2 amide bonds. The van der Waals surface area contributed by atoms with Crippen LogP contribution in [0.4, 0.5) is 0 Å². The Morgan fingerprint density at radius 2 is 1.96 bits per heavy atom. The molecule has 1 aliphatic heterocycles. The molecule has 28 heavy (non-hydrogen) atoms. The van der Waals surface area contributed by atoms with Gasteiger partial charge in [0.25, 0.3) is 5.91 Å². The fraction of sp³-hybridized carbons (Fsp3) is 0.304. The lowest BCUT2D eigenvalue weighted by Gasteiger charge is -2.35. The van der Waals surface area contributed by atoms with E-state index >= 15 is 0 Å². The molecule has 0 fully saturated rings. The minimum absolute atomic E-state index is 0.113. The van der Waals surface area contributed by atoms with Crippen molar-refractivity contribution in [3.8, 4) is 0 Å². The summed E-state index contributed by atoms with van der Waals surface area (Å²) in [5, 5.41) is 7.16. The normalized spacial score (nSPS) is 16.0. The molecule has 0 saturated carbocycles. The molecule has 0 saturated heterocycles. The first-order valence-electron chi connectivity index (χ1n) is 9.80. The SMILES string of the molecule is CCC1c2ccsc2CCN1C(=O)CCNC(=O)c1ccc2ccccc2c1. The maximum Gasteiger partial charge on any atom is 0.251 e. The topological polar surface area (TPSA) is 49.4 Å². The van der Waals surface area contributed by atoms with Crippen molar-refractivity contribution in [2.24, 2.45) is 0 Å². The summed E-state index contributed by atoms with van der Waals surface area (Å²) in [6.45, 7) is 3.25. The predicted molar refractivity (Wildman–Crippen MR) is 114 cm³/mol. The number of hydrogen-bond donors (Lipinski definition) is 1. The minimum atomic E-state index is -0.135. The Labute approximate surface area is 169 Å². The molecule has 1 aromatic heterocycles. The maximum atomic E-state index is 12.8. The fourth-order valence-electron chi connectivity index (χ4n) is 3.99. The second kappa shape index (κ2) is 8.15. The van der Waals surface area contributed by atoms with E-state index in [0.29, 0.717) is 18.5 Å². The van der Waals surface area contributed by atoms with Crippen molar-refractivity contribution in [3.63, 3.8) is 0 Å². The number of nitrogens with zero attached hydrogens (tertiary/aromatic N) is 1. The standard InChI is InChI=1S/C23H24N2O2S/c1-2-20-19-11-14-28-21(19)10-13-25(20)22(26)9-12-24-23(27)18-8-7-16-5-3-4-6-17(16)15-18/h3-8,11,14-15,20H,2,9-10,12-13H2,1H3,(H,24,27). The smallest absolute Gasteiger partial charge is 0.251 e. The molecule has 2 aromatic carbocycles. The highest BCUT2D eigenvalue weighted by atomic mass is 32.1. The van der Waals surface area contributed by atoms with Crippen LogP contribution < -0.4 is 5.32 Å². The van der Waals surface area contributed by atoms with Gasteiger partial charge in [0.2, 0.25) is 5.91 Å². The third-order valence-corrected chi connectivity index (χ3v) is 6.43. The van der Waals surface area contributed by atoms with E-state index in [0.717, 1.165) is 30.2 Å². The second-order valence-electron chi connectivity index (χ2n) is 7.13. The van der Waals surface area contributed by atoms with E-state index in [2.05, 4.69) is 23.7 Å². The van der Waals surface area contributed by atoms with Gasteiger partial charge in [-0.25, -0.2) is 0 Å². The molecule has 1 N–H and O–H groups in total. The highest BCUT2D eigenvalue weighted by Gasteiger charge is 2.29. The zero-order valence-corrected chi connectivity index (χ0v) is 16.8. The Morgan fingerprint density at radius 1 is 1.14 bits per heavy atom. The van der Waals surface area contributed by atoms with Gasteiger partial charge in [0.1, 0.15) is 0 Å². The van der Waals surface area contributed by atoms with Crippen LogP contribution in [0.25, 0.3) is 10.8 Å². The lowest BCUT2D eigenvalue weighted by atomic mass is 9.97. The zero-order chi connectivity index (χ0) is 19.5. The quantitative estimate of drug-likeness (QED) is 0.692. The van der Waals surface area contributed by atoms with Gasteiger partial charge in [-0.1, -0.05) is 37.3 Å². The lowest BCUT2D eigenvalue weighted by Crippen LogP contribution is -2.40. The molecule has 0 bridgehead atoms. The van der Waals surface area contributed by atoms with Gasteiger partial charge < -0.3 is 10.2 Å². The zero-order valence-electron chi connectivity index (χ0n) is 16.0. The summed E-state index contributed by atoms with van der Waals surface area (Å²) < 4.78 is 0. The van der Waals surface area contributed by atoms with Crippen LogP contribution in [0.1, 0.15) is 46.6 Å². The molecule has 1 aliphatic rings. The van der Waals surface area contributed by atoms with Gasteiger partial charge in [-0.3, -0.25) is 9.59 Å². The van der Waals surface area contributed by atoms with Crippen molar-refractivity contribution in [2.75, 3.05) is 13.1 Å². The van der Waals surface area contributed by atoms with E-state index in [1.807, 2.05) is 47.4 Å². The van der Waals surface area contributed by atoms with Crippen molar-refractivity contribution in [1.29, 1.82) is 0 Å². The molecular weight excluding hydrogens is 368 g/mol. The molecule has 3 aromatic rings. The highest BCUT2D eigenvalue weighted by molar-refractivity contribution is 7.10. The Kier molecular flexibility index (Phi) is 5.44. The number of amides is 2. The van der Waals surface area contributed by atoms with Crippen LogP contribution in [0.2, 0.25) is 0 Å². The van der Waals surface area contributed by atoms with Crippen LogP contribution in [-0.2, 0) is 11.2 Å². The van der Waals surface area contributed by atoms with Crippen LogP contribution in [-0.4, -0.2) is 29.8 Å². The summed E-state index contributed by atoms with van der Waals surface area (Å²) >= 11 is 1.78. The first-order chi connectivity index (χ1) is 13.7. The van der Waals surface area contributed by atoms with Gasteiger partial charge in [-0.05, 0) is 52.8 Å². The summed E-state index contributed by atoms with van der Waals surface area (Å²) in [7, 11) is 0. The molecule has 4 nitrogen and oxygen atoms in total. The van der Waals surface area contributed by atoms with Crippen molar-refractivity contribution in [1.82, 2.24) is 10.2 Å². The number of thiophene rings is 1. The number of fused-ring (bicyclic) bond motifs is 2. The molecule has 1 unspecified atom stereocenters. The Hall–Kier alpha value is -2.66. The average molecular weight is 393 g/mol. The average Bonchev–Trinajstić information content (AvgIpc) is 3.21. The van der Waals surface area contributed by atoms with E-state index in [-0.39, 0.29) is 17.9 Å². The Bertz CT molecular complexity index is 1010. The molecule has 0 aliphatic carbocycles. The number of carbonyl (C=O) groups is 2. The van der Waals surface area contributed by atoms with Crippen molar-refractivity contribution in [2.45, 2.75) is 32.2 Å². The minimum Gasteiger partial charge on any atom is -0.352 e. The molecule has 144 valence electrons. The molecule has 5 heteroatoms. The monoisotopic (exact) mass is 392 g/mol. The first kappa shape index (κ1) is 18.7. The molecule has 2 heterocycles. The van der Waals surface area contributed by atoms with E-state index in [1.165, 1.54) is 10.4 Å². The van der Waals surface area contributed by atoms with E-state index in [4.69, 9.17) is 0 Å². The molecule has 0 radical (unpaired) electrons. The van der Waals surface area contributed by atoms with Gasteiger partial charge >= 0.3 is 0 Å². The highest BCUT2D eigenvalue weighted by Crippen LogP contribution is 2.35. The van der Waals surface area contributed by atoms with E-state index in [1.54, 1.807) is 11.3 Å². The third kappa shape index (κ3) is 3.67. The van der Waals surface area contributed by atoms with E-state index < -0.39 is 0 Å². The van der Waals surface area contributed by atoms with Crippen molar-refractivity contribution in [3.05, 3.63) is 69.9 Å². The van der Waals surface area contributed by atoms with Crippen LogP contribution in [0.3, 0.4) is 0 Å². The van der Waals surface area contributed by atoms with Crippen LogP contribution in [0.15, 0.2) is 53.9 Å². The number of hydrogen-bond acceptors (Lipinski definition) is 3. The van der Waals surface area contributed by atoms with Gasteiger partial charge in [0.15, 0.2) is 0 Å². The van der Waals surface area contributed by atoms with Crippen LogP contribution in [0, 0.1) is 0 Å². The largest absolute Gasteiger partial charge is 0.352 e. The van der Waals surface area contributed by atoms with Crippen LogP contribution >= 0.6 is 11.3 Å². The summed E-state index contributed by atoms with van der Waals surface area (Å²) in [5.41, 5.74) is 1.92. The third-order valence-electron chi connectivity index (χ3n) is 5.44. The maximum absolute atomic E-state index is 12.8. The van der Waals surface area contributed by atoms with Gasteiger partial charge in [-0.15, -0.1) is 11.3 Å². The summed E-state index contributed by atoms with van der Waals surface area (Å²) in [4.78, 5) is 28.6. The van der Waals surface area contributed by atoms with E-state index in [9.17, 15) is 9.59 Å². The van der Waals surface area contributed by atoms with Crippen molar-refractivity contribution >= 4 is 33.9 Å². The lowest BCUT2D eigenvalue weighted by molar-refractivity contribution is -0.134. The first-order valence-corrected chi connectivity index (χ1v) is 10.7. The molecular formula is C23H24N2O2S. The summed E-state index contributed by atoms with van der Waals surface area (Å²) in [6, 6.07) is 16.0. The van der Waals surface area contributed by atoms with Gasteiger partial charge in [0.05, 0.1) is 6.04 Å². The van der Waals surface area contributed by atoms with Crippen molar-refractivity contribution < 1.29 is 9.59 Å². The number of benzene rings is 2. The predicted octanol–water partition coefficient (Wildman–Crippen LogP) is 4.56. The van der Waals surface area contributed by atoms with Gasteiger partial charge in [-0.2, -0.15) is 0 Å². The second-order valence-corrected chi connectivity index (χ2v) is 8.13. The molecule has 1 atom stereocenters. The molecule has 4 rings (SSSR count). The number of rotatable bonds is 5. The Morgan fingerprint density at radius 3 is 2.79 bits per heavy atom.